The molecule has 0 amide bonds. The predicted molar refractivity (Wildman–Crippen MR) is 188 cm³/mol. The van der Waals surface area contributed by atoms with Gasteiger partial charge in [-0.15, -0.1) is 0 Å². The van der Waals surface area contributed by atoms with Gasteiger partial charge in [0.2, 0.25) is 0 Å². The van der Waals surface area contributed by atoms with Gasteiger partial charge in [0.15, 0.2) is 0 Å². The minimum Gasteiger partial charge on any atom is -0.458 e. The molecule has 2 aliphatic heterocycles. The maximum absolute atomic E-state index is 6.81. The molecule has 10 rings (SSSR count). The van der Waals surface area contributed by atoms with Gasteiger partial charge in [0.05, 0.1) is 5.69 Å². The maximum Gasteiger partial charge on any atom is 0.260 e. The molecule has 216 valence electrons. The third-order valence-corrected chi connectivity index (χ3v) is 9.43. The summed E-state index contributed by atoms with van der Waals surface area (Å²) in [5, 5.41) is 4.41. The van der Waals surface area contributed by atoms with E-state index in [1.165, 1.54) is 5.56 Å². The maximum atomic E-state index is 6.81. The number of para-hydroxylation sites is 2. The Morgan fingerprint density at radius 2 is 1.17 bits per heavy atom. The first-order chi connectivity index (χ1) is 22.7. The van der Waals surface area contributed by atoms with E-state index in [0.717, 1.165) is 89.2 Å². The number of benzene rings is 7. The fraction of sp³-hybridized carbons (Fsp3) is 0.0244. The predicted octanol–water partition coefficient (Wildman–Crippen LogP) is 9.25. The Morgan fingerprint density at radius 3 is 2.00 bits per heavy atom. The van der Waals surface area contributed by atoms with Crippen molar-refractivity contribution in [3.63, 3.8) is 0 Å². The van der Waals surface area contributed by atoms with Crippen LogP contribution in [0.25, 0.3) is 32.7 Å². The van der Waals surface area contributed by atoms with Gasteiger partial charge in [0, 0.05) is 39.1 Å². The molecule has 46 heavy (non-hydrogen) atoms. The van der Waals surface area contributed by atoms with Gasteiger partial charge in [0.25, 0.3) is 6.71 Å². The molecule has 0 aliphatic carbocycles. The molecular formula is C41H26BNO3. The van der Waals surface area contributed by atoms with Crippen LogP contribution in [0.5, 0.6) is 23.0 Å². The molecule has 0 spiro atoms. The molecule has 0 saturated heterocycles. The highest BCUT2D eigenvalue weighted by Crippen LogP contribution is 2.45. The average Bonchev–Trinajstić information content (AvgIpc) is 3.46. The molecule has 0 saturated carbocycles. The molecule has 0 bridgehead atoms. The molecule has 8 aromatic rings. The average molecular weight is 591 g/mol. The Hall–Kier alpha value is -5.94. The van der Waals surface area contributed by atoms with Gasteiger partial charge < -0.3 is 18.8 Å². The molecule has 0 atom stereocenters. The summed E-state index contributed by atoms with van der Waals surface area (Å²) in [5.41, 5.74) is 9.42. The first kappa shape index (κ1) is 25.4. The Bertz CT molecular complexity index is 2500. The Kier molecular flexibility index (Phi) is 5.26. The van der Waals surface area contributed by atoms with Crippen LogP contribution in [0.3, 0.4) is 0 Å². The van der Waals surface area contributed by atoms with E-state index in [1.54, 1.807) is 0 Å². The first-order valence-corrected chi connectivity index (χ1v) is 15.6. The molecule has 0 radical (unpaired) electrons. The number of rotatable bonds is 3. The van der Waals surface area contributed by atoms with Crippen molar-refractivity contribution >= 4 is 72.9 Å². The summed E-state index contributed by atoms with van der Waals surface area (Å²) in [5.74, 6) is 3.40. The van der Waals surface area contributed by atoms with Crippen LogP contribution in [0.2, 0.25) is 0 Å². The van der Waals surface area contributed by atoms with Gasteiger partial charge in [-0.1, -0.05) is 84.4 Å². The number of ether oxygens (including phenoxy) is 2. The number of hydrogen-bond acceptors (Lipinski definition) is 4. The third-order valence-electron chi connectivity index (χ3n) is 9.43. The molecule has 3 heterocycles. The van der Waals surface area contributed by atoms with E-state index in [9.17, 15) is 0 Å². The summed E-state index contributed by atoms with van der Waals surface area (Å²) in [6, 6.07) is 48.7. The second-order valence-corrected chi connectivity index (χ2v) is 12.2. The second kappa shape index (κ2) is 9.53. The lowest BCUT2D eigenvalue weighted by atomic mass is 9.35. The van der Waals surface area contributed by atoms with Crippen LogP contribution in [-0.2, 0) is 0 Å². The van der Waals surface area contributed by atoms with Crippen molar-refractivity contribution in [2.75, 3.05) is 4.90 Å². The molecule has 0 fully saturated rings. The van der Waals surface area contributed by atoms with E-state index in [4.69, 9.17) is 13.9 Å². The highest BCUT2D eigenvalue weighted by Gasteiger charge is 2.40. The standard InChI is InChI=1S/C41H26BNO3/c1-25-18-20-27(21-19-25)43(26-10-3-2-4-11-26)33-24-39-40(29-13-6-5-12-28(29)33)30-22-38-32(23-37(30)46-39)42-31-14-7-8-15-34(31)44-35-16-9-17-36(45-38)41(35)42/h2-24H,1H3. The van der Waals surface area contributed by atoms with E-state index < -0.39 is 0 Å². The van der Waals surface area contributed by atoms with Crippen LogP contribution in [0.1, 0.15) is 5.56 Å². The van der Waals surface area contributed by atoms with Crippen LogP contribution in [0, 0.1) is 6.92 Å². The Labute approximate surface area is 266 Å². The second-order valence-electron chi connectivity index (χ2n) is 12.2. The monoisotopic (exact) mass is 591 g/mol. The molecular weight excluding hydrogens is 565 g/mol. The number of fused-ring (bicyclic) bond motifs is 9. The zero-order valence-electron chi connectivity index (χ0n) is 25.0. The lowest BCUT2D eigenvalue weighted by Gasteiger charge is -2.32. The minimum absolute atomic E-state index is 0.0140. The van der Waals surface area contributed by atoms with E-state index in [2.05, 4.69) is 121 Å². The van der Waals surface area contributed by atoms with Crippen molar-refractivity contribution < 1.29 is 13.9 Å². The molecule has 0 unspecified atom stereocenters. The van der Waals surface area contributed by atoms with Crippen LogP contribution >= 0.6 is 0 Å². The smallest absolute Gasteiger partial charge is 0.260 e. The third kappa shape index (κ3) is 3.63. The normalized spacial score (nSPS) is 12.8. The van der Waals surface area contributed by atoms with E-state index >= 15 is 0 Å². The van der Waals surface area contributed by atoms with Gasteiger partial charge in [-0.05, 0) is 77.8 Å². The van der Waals surface area contributed by atoms with E-state index in [1.807, 2.05) is 30.3 Å². The van der Waals surface area contributed by atoms with Crippen molar-refractivity contribution in [3.8, 4) is 23.0 Å². The molecule has 1 aromatic heterocycles. The van der Waals surface area contributed by atoms with Gasteiger partial charge in [-0.25, -0.2) is 0 Å². The zero-order chi connectivity index (χ0) is 30.4. The van der Waals surface area contributed by atoms with Crippen LogP contribution in [-0.4, -0.2) is 6.71 Å². The molecule has 0 N–H and O–H groups in total. The summed E-state index contributed by atoms with van der Waals surface area (Å²) >= 11 is 0. The molecule has 2 aliphatic rings. The van der Waals surface area contributed by atoms with Gasteiger partial charge in [-0.3, -0.25) is 0 Å². The van der Waals surface area contributed by atoms with Crippen LogP contribution in [0.4, 0.5) is 17.1 Å². The Morgan fingerprint density at radius 1 is 0.500 bits per heavy atom. The van der Waals surface area contributed by atoms with Crippen molar-refractivity contribution in [3.05, 3.63) is 145 Å². The fourth-order valence-electron chi connectivity index (χ4n) is 7.37. The van der Waals surface area contributed by atoms with Crippen LogP contribution in [0.15, 0.2) is 144 Å². The molecule has 7 aromatic carbocycles. The topological polar surface area (TPSA) is 34.8 Å². The van der Waals surface area contributed by atoms with Gasteiger partial charge in [-0.2, -0.15) is 0 Å². The Balaban J connectivity index is 1.24. The first-order valence-electron chi connectivity index (χ1n) is 15.6. The van der Waals surface area contributed by atoms with Gasteiger partial charge in [0.1, 0.15) is 34.2 Å². The summed E-state index contributed by atoms with van der Waals surface area (Å²) in [6.07, 6.45) is 0. The SMILES string of the molecule is Cc1ccc(N(c2ccccc2)c2cc3oc4cc5c(cc4c3c3ccccc23)Oc2cccc3c2B5c2ccccc2O3)cc1. The number of aryl methyl sites for hydroxylation is 1. The summed E-state index contributed by atoms with van der Waals surface area (Å²) < 4.78 is 19.8. The number of furan rings is 1. The largest absolute Gasteiger partial charge is 0.458 e. The van der Waals surface area contributed by atoms with Crippen molar-refractivity contribution in [1.29, 1.82) is 0 Å². The fourth-order valence-corrected chi connectivity index (χ4v) is 7.37. The zero-order valence-corrected chi connectivity index (χ0v) is 25.0. The van der Waals surface area contributed by atoms with E-state index in [-0.39, 0.29) is 6.71 Å². The van der Waals surface area contributed by atoms with Gasteiger partial charge >= 0.3 is 0 Å². The van der Waals surface area contributed by atoms with Crippen molar-refractivity contribution in [2.24, 2.45) is 0 Å². The lowest BCUT2D eigenvalue weighted by Crippen LogP contribution is -2.57. The van der Waals surface area contributed by atoms with Crippen molar-refractivity contribution in [1.82, 2.24) is 0 Å². The van der Waals surface area contributed by atoms with E-state index in [0.29, 0.717) is 0 Å². The summed E-state index contributed by atoms with van der Waals surface area (Å²) in [6.45, 7) is 2.11. The molecule has 4 nitrogen and oxygen atoms in total. The number of nitrogens with zero attached hydrogens (tertiary/aromatic N) is 1. The number of hydrogen-bond donors (Lipinski definition) is 0. The number of anilines is 3. The summed E-state index contributed by atoms with van der Waals surface area (Å²) in [4.78, 5) is 2.32. The van der Waals surface area contributed by atoms with Crippen molar-refractivity contribution in [2.45, 2.75) is 6.92 Å². The lowest BCUT2D eigenvalue weighted by molar-refractivity contribution is 0.465. The highest BCUT2D eigenvalue weighted by molar-refractivity contribution is 6.98. The summed E-state index contributed by atoms with van der Waals surface area (Å²) in [7, 11) is 0. The quantitative estimate of drug-likeness (QED) is 0.192. The molecule has 5 heteroatoms. The highest BCUT2D eigenvalue weighted by atomic mass is 16.5. The minimum atomic E-state index is -0.0140. The van der Waals surface area contributed by atoms with Crippen LogP contribution < -0.4 is 30.8 Å².